The molecule has 1 fully saturated rings. The minimum atomic E-state index is -3.93. The summed E-state index contributed by atoms with van der Waals surface area (Å²) in [6.07, 6.45) is 4.74. The van der Waals surface area contributed by atoms with Crippen molar-refractivity contribution >= 4 is 48.7 Å². The first-order valence-corrected chi connectivity index (χ1v) is 12.4. The molecular weight excluding hydrogens is 440 g/mol. The number of nitrogens with zero attached hydrogens (tertiary/aromatic N) is 4. The molecule has 0 unspecified atom stereocenters. The maximum Gasteiger partial charge on any atom is 0.265 e. The van der Waals surface area contributed by atoms with Gasteiger partial charge in [0, 0.05) is 25.4 Å². The van der Waals surface area contributed by atoms with E-state index in [4.69, 9.17) is 9.29 Å². The molecule has 3 aromatic heterocycles. The van der Waals surface area contributed by atoms with E-state index in [1.54, 1.807) is 13.3 Å². The summed E-state index contributed by atoms with van der Waals surface area (Å²) in [5, 5.41) is 7.27. The van der Waals surface area contributed by atoms with Crippen LogP contribution in [-0.2, 0) is 21.5 Å². The van der Waals surface area contributed by atoms with E-state index >= 15 is 0 Å². The van der Waals surface area contributed by atoms with Gasteiger partial charge in [0.25, 0.3) is 10.1 Å². The third-order valence-corrected chi connectivity index (χ3v) is 6.89. The Morgan fingerprint density at radius 1 is 1.23 bits per heavy atom. The highest BCUT2D eigenvalue weighted by atomic mass is 32.2. The summed E-state index contributed by atoms with van der Waals surface area (Å²) in [6.45, 7) is 0.342. The summed E-state index contributed by atoms with van der Waals surface area (Å²) >= 11 is 1.44. The molecule has 0 bridgehead atoms. The Kier molecular flexibility index (Phi) is 6.60. The van der Waals surface area contributed by atoms with Gasteiger partial charge in [-0.1, -0.05) is 11.3 Å². The van der Waals surface area contributed by atoms with Crippen LogP contribution in [0.1, 0.15) is 31.4 Å². The zero-order chi connectivity index (χ0) is 21.8. The van der Waals surface area contributed by atoms with Crippen LogP contribution in [-0.4, -0.2) is 51.8 Å². The van der Waals surface area contributed by atoms with Crippen molar-refractivity contribution in [3.63, 3.8) is 0 Å². The van der Waals surface area contributed by atoms with Crippen LogP contribution in [0.2, 0.25) is 0 Å². The number of hydrogen-bond donors (Lipinski definition) is 3. The average molecular weight is 465 g/mol. The fourth-order valence-electron chi connectivity index (χ4n) is 3.73. The topological polar surface area (TPSA) is 139 Å². The lowest BCUT2D eigenvalue weighted by molar-refractivity contribution is 0.181. The van der Waals surface area contributed by atoms with Crippen LogP contribution in [0.25, 0.3) is 10.3 Å². The van der Waals surface area contributed by atoms with E-state index < -0.39 is 10.1 Å². The van der Waals surface area contributed by atoms with Crippen molar-refractivity contribution in [2.45, 2.75) is 38.3 Å². The predicted octanol–water partition coefficient (Wildman–Crippen LogP) is 3.23. The lowest BCUT2D eigenvalue weighted by Crippen LogP contribution is -2.29. The Hall–Kier alpha value is -2.41. The van der Waals surface area contributed by atoms with Gasteiger partial charge in [-0.3, -0.25) is 4.55 Å². The number of anilines is 3. The molecule has 0 aliphatic heterocycles. The number of thiazole rings is 1. The van der Waals surface area contributed by atoms with Crippen LogP contribution in [0.4, 0.5) is 16.9 Å². The van der Waals surface area contributed by atoms with Gasteiger partial charge in [0.2, 0.25) is 5.95 Å². The Bertz CT molecular complexity index is 1110. The molecule has 0 atom stereocenters. The molecule has 0 radical (unpaired) electrons. The van der Waals surface area contributed by atoms with E-state index in [2.05, 4.69) is 30.6 Å². The van der Waals surface area contributed by atoms with Crippen LogP contribution in [0.5, 0.6) is 0 Å². The molecule has 31 heavy (non-hydrogen) atoms. The van der Waals surface area contributed by atoms with Crippen molar-refractivity contribution in [1.82, 2.24) is 19.9 Å². The highest BCUT2D eigenvalue weighted by Gasteiger charge is 2.25. The van der Waals surface area contributed by atoms with E-state index in [0.29, 0.717) is 23.5 Å². The Balaban J connectivity index is 1.46. The van der Waals surface area contributed by atoms with Crippen molar-refractivity contribution in [3.05, 3.63) is 30.1 Å². The molecule has 166 valence electrons. The quantitative estimate of drug-likeness (QED) is 0.426. The highest BCUT2D eigenvalue weighted by molar-refractivity contribution is 7.85. The van der Waals surface area contributed by atoms with Crippen molar-refractivity contribution in [2.24, 2.45) is 5.92 Å². The summed E-state index contributed by atoms with van der Waals surface area (Å²) in [5.74, 6) is 0.891. The largest absolute Gasteiger partial charge is 0.378 e. The van der Waals surface area contributed by atoms with Gasteiger partial charge < -0.3 is 15.4 Å². The molecule has 10 nitrogen and oxygen atoms in total. The first kappa shape index (κ1) is 21.8. The van der Waals surface area contributed by atoms with Gasteiger partial charge in [0.15, 0.2) is 5.13 Å². The predicted molar refractivity (Wildman–Crippen MR) is 119 cm³/mol. The van der Waals surface area contributed by atoms with Gasteiger partial charge in [-0.2, -0.15) is 13.4 Å². The number of pyridine rings is 1. The van der Waals surface area contributed by atoms with Crippen LogP contribution in [0, 0.1) is 5.92 Å². The maximum atomic E-state index is 11.1. The van der Waals surface area contributed by atoms with Gasteiger partial charge in [-0.05, 0) is 43.7 Å². The molecule has 3 aromatic rings. The van der Waals surface area contributed by atoms with E-state index in [9.17, 15) is 8.42 Å². The first-order valence-electron chi connectivity index (χ1n) is 9.95. The number of methoxy groups -OCH3 is 1. The Morgan fingerprint density at radius 2 is 2.03 bits per heavy atom. The highest BCUT2D eigenvalue weighted by Crippen LogP contribution is 2.29. The second kappa shape index (κ2) is 9.39. The minimum Gasteiger partial charge on any atom is -0.378 e. The second-order valence-electron chi connectivity index (χ2n) is 7.58. The number of rotatable bonds is 8. The molecule has 4 rings (SSSR count). The van der Waals surface area contributed by atoms with Gasteiger partial charge >= 0.3 is 0 Å². The van der Waals surface area contributed by atoms with Crippen LogP contribution < -0.4 is 10.6 Å². The number of fused-ring (bicyclic) bond motifs is 1. The second-order valence-corrected chi connectivity index (χ2v) is 10.1. The fraction of sp³-hybridized carbons (Fsp3) is 0.474. The molecule has 1 aliphatic rings. The number of hydrogen-bond acceptors (Lipinski definition) is 10. The van der Waals surface area contributed by atoms with E-state index in [0.717, 1.165) is 41.7 Å². The third kappa shape index (κ3) is 6.06. The number of nitrogens with one attached hydrogen (secondary N) is 2. The molecule has 1 aliphatic carbocycles. The average Bonchev–Trinajstić information content (AvgIpc) is 3.11. The van der Waals surface area contributed by atoms with Crippen LogP contribution >= 0.6 is 11.3 Å². The lowest BCUT2D eigenvalue weighted by atomic mass is 9.87. The van der Waals surface area contributed by atoms with Crippen molar-refractivity contribution in [3.8, 4) is 0 Å². The smallest absolute Gasteiger partial charge is 0.265 e. The summed E-state index contributed by atoms with van der Waals surface area (Å²) in [5.41, 5.74) is 1.54. The monoisotopic (exact) mass is 464 g/mol. The normalized spacial score (nSPS) is 19.4. The zero-order valence-corrected chi connectivity index (χ0v) is 18.6. The van der Waals surface area contributed by atoms with Crippen molar-refractivity contribution < 1.29 is 17.7 Å². The molecule has 0 aromatic carbocycles. The van der Waals surface area contributed by atoms with Crippen LogP contribution in [0.3, 0.4) is 0 Å². The summed E-state index contributed by atoms with van der Waals surface area (Å²) < 4.78 is 36.5. The molecule has 1 saturated carbocycles. The maximum absolute atomic E-state index is 11.1. The van der Waals surface area contributed by atoms with Gasteiger partial charge in [0.05, 0.1) is 18.1 Å². The van der Waals surface area contributed by atoms with Crippen molar-refractivity contribution in [1.29, 1.82) is 0 Å². The molecular formula is C19H24N6O4S2. The van der Waals surface area contributed by atoms with Gasteiger partial charge in [-0.15, -0.1) is 0 Å². The SMILES string of the molecule is COCc1cc(Nc2nc3cccnc3s2)nc(NC2CCC(CS(=O)(=O)O)CC2)n1. The standard InChI is InChI=1S/C19H24N6O4S2/c1-29-10-14-9-16(25-19-23-15-3-2-8-20-17(15)30-19)24-18(22-14)21-13-6-4-12(5-7-13)11-31(26,27)28/h2-3,8-9,12-13H,4-7,10-11H2,1H3,(H,26,27,28)(H2,21,22,23,24,25). The molecule has 3 N–H and O–H groups in total. The Morgan fingerprint density at radius 3 is 2.74 bits per heavy atom. The molecule has 12 heteroatoms. The lowest BCUT2D eigenvalue weighted by Gasteiger charge is -2.28. The Labute approximate surface area is 184 Å². The van der Waals surface area contributed by atoms with Crippen molar-refractivity contribution in [2.75, 3.05) is 23.5 Å². The van der Waals surface area contributed by atoms with Crippen LogP contribution in [0.15, 0.2) is 24.4 Å². The van der Waals surface area contributed by atoms with E-state index in [1.807, 2.05) is 18.2 Å². The fourth-order valence-corrected chi connectivity index (χ4v) is 5.48. The first-order chi connectivity index (χ1) is 14.9. The molecule has 0 spiro atoms. The van der Waals surface area contributed by atoms with E-state index in [-0.39, 0.29) is 17.7 Å². The number of aromatic nitrogens is 4. The summed E-state index contributed by atoms with van der Waals surface area (Å²) in [7, 11) is -2.32. The molecule has 3 heterocycles. The third-order valence-electron chi connectivity index (χ3n) is 5.10. The zero-order valence-electron chi connectivity index (χ0n) is 17.0. The molecule has 0 amide bonds. The summed E-state index contributed by atoms with van der Waals surface area (Å²) in [6, 6.07) is 5.71. The van der Waals surface area contributed by atoms with Gasteiger partial charge in [0.1, 0.15) is 16.2 Å². The summed E-state index contributed by atoms with van der Waals surface area (Å²) in [4.78, 5) is 18.8. The molecule has 0 saturated heterocycles. The number of ether oxygens (including phenoxy) is 1. The minimum absolute atomic E-state index is 0.0151. The van der Waals surface area contributed by atoms with Gasteiger partial charge in [-0.25, -0.2) is 15.0 Å². The van der Waals surface area contributed by atoms with E-state index in [1.165, 1.54) is 11.3 Å².